The van der Waals surface area contributed by atoms with Crippen LogP contribution in [0, 0.1) is 0 Å². The first kappa shape index (κ1) is 13.3. The third kappa shape index (κ3) is 4.31. The molecule has 1 rings (SSSR count). The van der Waals surface area contributed by atoms with Gasteiger partial charge in [-0.25, -0.2) is 13.2 Å². The second-order valence-electron chi connectivity index (χ2n) is 3.18. The van der Waals surface area contributed by atoms with E-state index in [1.807, 2.05) is 0 Å². The molecule has 1 aromatic rings. The lowest BCUT2D eigenvalue weighted by Crippen LogP contribution is -2.16. The molecular formula is C10H13NO5S. The molecule has 0 aliphatic rings. The highest BCUT2D eigenvalue weighted by Crippen LogP contribution is 2.24. The van der Waals surface area contributed by atoms with Crippen molar-refractivity contribution in [2.45, 2.75) is 6.92 Å². The number of sulfonamides is 1. The SMILES string of the molecule is CCS(=O)(=O)Nc1ccccc1OCC(=O)O. The van der Waals surface area contributed by atoms with Gasteiger partial charge in [0.2, 0.25) is 10.0 Å². The van der Waals surface area contributed by atoms with E-state index in [1.165, 1.54) is 19.1 Å². The Morgan fingerprint density at radius 2 is 2.06 bits per heavy atom. The minimum absolute atomic E-state index is 0.0692. The molecule has 0 aromatic heterocycles. The second kappa shape index (κ2) is 5.53. The van der Waals surface area contributed by atoms with Gasteiger partial charge in [0.1, 0.15) is 5.75 Å². The van der Waals surface area contributed by atoms with Crippen LogP contribution in [0.5, 0.6) is 5.75 Å². The van der Waals surface area contributed by atoms with Crippen molar-refractivity contribution in [2.75, 3.05) is 17.1 Å². The van der Waals surface area contributed by atoms with Gasteiger partial charge in [0.05, 0.1) is 11.4 Å². The number of aliphatic carboxylic acids is 1. The first-order valence-corrected chi connectivity index (χ1v) is 6.54. The van der Waals surface area contributed by atoms with Crippen LogP contribution in [0.2, 0.25) is 0 Å². The minimum Gasteiger partial charge on any atom is -0.480 e. The number of carboxylic acid groups (broad SMARTS) is 1. The van der Waals surface area contributed by atoms with E-state index in [1.54, 1.807) is 12.1 Å². The smallest absolute Gasteiger partial charge is 0.341 e. The highest BCUT2D eigenvalue weighted by Gasteiger charge is 2.11. The van der Waals surface area contributed by atoms with Crippen LogP contribution >= 0.6 is 0 Å². The predicted molar refractivity (Wildman–Crippen MR) is 62.7 cm³/mol. The van der Waals surface area contributed by atoms with E-state index in [9.17, 15) is 13.2 Å². The molecule has 0 saturated heterocycles. The lowest BCUT2D eigenvalue weighted by Gasteiger charge is -2.11. The topological polar surface area (TPSA) is 92.7 Å². The van der Waals surface area contributed by atoms with Gasteiger partial charge in [-0.05, 0) is 19.1 Å². The van der Waals surface area contributed by atoms with Crippen LogP contribution in [-0.2, 0) is 14.8 Å². The summed E-state index contributed by atoms with van der Waals surface area (Å²) >= 11 is 0. The van der Waals surface area contributed by atoms with E-state index in [-0.39, 0.29) is 17.2 Å². The molecule has 17 heavy (non-hydrogen) atoms. The summed E-state index contributed by atoms with van der Waals surface area (Å²) in [6, 6.07) is 6.25. The lowest BCUT2D eigenvalue weighted by molar-refractivity contribution is -0.139. The molecule has 6 nitrogen and oxygen atoms in total. The molecule has 0 bridgehead atoms. The first-order chi connectivity index (χ1) is 7.94. The summed E-state index contributed by atoms with van der Waals surface area (Å²) in [4.78, 5) is 10.4. The molecule has 7 heteroatoms. The molecule has 0 unspecified atom stereocenters. The number of benzene rings is 1. The van der Waals surface area contributed by atoms with Gasteiger partial charge in [-0.1, -0.05) is 12.1 Å². The van der Waals surface area contributed by atoms with Gasteiger partial charge in [-0.2, -0.15) is 0 Å². The van der Waals surface area contributed by atoms with Crippen LogP contribution in [0.15, 0.2) is 24.3 Å². The summed E-state index contributed by atoms with van der Waals surface area (Å²) in [5, 5.41) is 8.48. The highest BCUT2D eigenvalue weighted by molar-refractivity contribution is 7.92. The largest absolute Gasteiger partial charge is 0.480 e. The van der Waals surface area contributed by atoms with E-state index in [2.05, 4.69) is 4.72 Å². The average molecular weight is 259 g/mol. The van der Waals surface area contributed by atoms with Crippen LogP contribution in [0.1, 0.15) is 6.92 Å². The van der Waals surface area contributed by atoms with Crippen molar-refractivity contribution in [3.63, 3.8) is 0 Å². The molecule has 0 radical (unpaired) electrons. The standard InChI is InChI=1S/C10H13NO5S/c1-2-17(14,15)11-8-5-3-4-6-9(8)16-7-10(12)13/h3-6,11H,2,7H2,1H3,(H,12,13). The lowest BCUT2D eigenvalue weighted by atomic mass is 10.3. The maximum atomic E-state index is 11.4. The molecule has 0 atom stereocenters. The Kier molecular flexibility index (Phi) is 4.33. The number of carboxylic acids is 1. The van der Waals surface area contributed by atoms with Crippen molar-refractivity contribution in [3.8, 4) is 5.75 Å². The summed E-state index contributed by atoms with van der Waals surface area (Å²) in [6.45, 7) is 0.980. The van der Waals surface area contributed by atoms with Crippen LogP contribution in [-0.4, -0.2) is 31.9 Å². The van der Waals surface area contributed by atoms with E-state index in [0.29, 0.717) is 0 Å². The second-order valence-corrected chi connectivity index (χ2v) is 5.20. The van der Waals surface area contributed by atoms with Crippen molar-refractivity contribution >= 4 is 21.7 Å². The van der Waals surface area contributed by atoms with Crippen molar-refractivity contribution in [1.82, 2.24) is 0 Å². The molecule has 1 aromatic carbocycles. The molecule has 0 saturated carbocycles. The maximum Gasteiger partial charge on any atom is 0.341 e. The summed E-state index contributed by atoms with van der Waals surface area (Å²) < 4.78 is 30.0. The fourth-order valence-corrected chi connectivity index (χ4v) is 1.70. The fourth-order valence-electron chi connectivity index (χ4n) is 1.06. The van der Waals surface area contributed by atoms with Gasteiger partial charge in [-0.3, -0.25) is 4.72 Å². The number of hydrogen-bond donors (Lipinski definition) is 2. The normalized spacial score (nSPS) is 10.9. The molecule has 0 aliphatic carbocycles. The van der Waals surface area contributed by atoms with E-state index in [0.717, 1.165) is 0 Å². The number of anilines is 1. The monoisotopic (exact) mass is 259 g/mol. The van der Waals surface area contributed by atoms with Gasteiger partial charge < -0.3 is 9.84 Å². The maximum absolute atomic E-state index is 11.4. The molecule has 0 spiro atoms. The third-order valence-corrected chi connectivity index (χ3v) is 3.17. The number of rotatable bonds is 6. The zero-order chi connectivity index (χ0) is 12.9. The van der Waals surface area contributed by atoms with Gasteiger partial charge in [0.25, 0.3) is 0 Å². The van der Waals surface area contributed by atoms with Crippen LogP contribution in [0.4, 0.5) is 5.69 Å². The molecule has 94 valence electrons. The van der Waals surface area contributed by atoms with Crippen LogP contribution in [0.25, 0.3) is 0 Å². The Morgan fingerprint density at radius 1 is 1.41 bits per heavy atom. The average Bonchev–Trinajstić information content (AvgIpc) is 2.27. The van der Waals surface area contributed by atoms with Crippen molar-refractivity contribution in [2.24, 2.45) is 0 Å². The zero-order valence-corrected chi connectivity index (χ0v) is 10.0. The molecule has 0 fully saturated rings. The van der Waals surface area contributed by atoms with Crippen LogP contribution in [0.3, 0.4) is 0 Å². The minimum atomic E-state index is -3.41. The summed E-state index contributed by atoms with van der Waals surface area (Å²) in [7, 11) is -3.41. The number of hydrogen-bond acceptors (Lipinski definition) is 4. The number of nitrogens with one attached hydrogen (secondary N) is 1. The van der Waals surface area contributed by atoms with Gasteiger partial charge in [0.15, 0.2) is 6.61 Å². The molecular weight excluding hydrogens is 246 g/mol. The number of para-hydroxylation sites is 2. The van der Waals surface area contributed by atoms with Gasteiger partial charge in [0, 0.05) is 0 Å². The van der Waals surface area contributed by atoms with Crippen molar-refractivity contribution in [1.29, 1.82) is 0 Å². The Labute approximate surface area is 99.3 Å². The van der Waals surface area contributed by atoms with Gasteiger partial charge >= 0.3 is 5.97 Å². The highest BCUT2D eigenvalue weighted by atomic mass is 32.2. The molecule has 0 aliphatic heterocycles. The first-order valence-electron chi connectivity index (χ1n) is 4.88. The van der Waals surface area contributed by atoms with E-state index >= 15 is 0 Å². The summed E-state index contributed by atoms with van der Waals surface area (Å²) in [5.74, 6) is -1.01. The predicted octanol–water partition coefficient (Wildman–Crippen LogP) is 0.912. The van der Waals surface area contributed by atoms with E-state index in [4.69, 9.17) is 9.84 Å². The Bertz CT molecular complexity index is 497. The van der Waals surface area contributed by atoms with Crippen LogP contribution < -0.4 is 9.46 Å². The number of carbonyl (C=O) groups is 1. The molecule has 0 heterocycles. The Balaban J connectivity index is 2.88. The summed E-state index contributed by atoms with van der Waals surface area (Å²) in [5.41, 5.74) is 0.232. The molecule has 2 N–H and O–H groups in total. The van der Waals surface area contributed by atoms with Crippen molar-refractivity contribution < 1.29 is 23.1 Å². The van der Waals surface area contributed by atoms with Crippen molar-refractivity contribution in [3.05, 3.63) is 24.3 Å². The fraction of sp³-hybridized carbons (Fsp3) is 0.300. The van der Waals surface area contributed by atoms with Gasteiger partial charge in [-0.15, -0.1) is 0 Å². The quantitative estimate of drug-likeness (QED) is 0.792. The Morgan fingerprint density at radius 3 is 2.65 bits per heavy atom. The summed E-state index contributed by atoms with van der Waals surface area (Å²) in [6.07, 6.45) is 0. The molecule has 0 amide bonds. The third-order valence-electron chi connectivity index (χ3n) is 1.88. The van der Waals surface area contributed by atoms with E-state index < -0.39 is 22.6 Å². The zero-order valence-electron chi connectivity index (χ0n) is 9.21. The number of ether oxygens (including phenoxy) is 1. The Hall–Kier alpha value is -1.76.